The van der Waals surface area contributed by atoms with Gasteiger partial charge in [-0.1, -0.05) is 11.2 Å². The fourth-order valence-corrected chi connectivity index (χ4v) is 4.40. The van der Waals surface area contributed by atoms with Crippen LogP contribution in [0.3, 0.4) is 0 Å². The van der Waals surface area contributed by atoms with Crippen LogP contribution in [0.4, 0.5) is 5.82 Å². The minimum Gasteiger partial charge on any atom is -0.477 e. The molecule has 2 atom stereocenters. The summed E-state index contributed by atoms with van der Waals surface area (Å²) in [5, 5.41) is 15.2. The van der Waals surface area contributed by atoms with E-state index in [4.69, 9.17) is 15.3 Å². The lowest BCUT2D eigenvalue weighted by molar-refractivity contribution is -0.150. The second-order valence-corrected chi connectivity index (χ2v) is 7.57. The number of rotatable bonds is 7. The van der Waals surface area contributed by atoms with Crippen LogP contribution in [0.2, 0.25) is 0 Å². The fourth-order valence-electron chi connectivity index (χ4n) is 3.07. The Bertz CT molecular complexity index is 1010. The number of carbonyl (C=O) groups is 4. The van der Waals surface area contributed by atoms with E-state index in [1.165, 1.54) is 37.9 Å². The quantitative estimate of drug-likeness (QED) is 0.209. The molecule has 2 aliphatic heterocycles. The van der Waals surface area contributed by atoms with Gasteiger partial charge >= 0.3 is 11.9 Å². The van der Waals surface area contributed by atoms with Gasteiger partial charge in [0.2, 0.25) is 0 Å². The van der Waals surface area contributed by atoms with Gasteiger partial charge in [0, 0.05) is 18.2 Å². The van der Waals surface area contributed by atoms with Crippen LogP contribution in [0.15, 0.2) is 34.6 Å². The van der Waals surface area contributed by atoms with Gasteiger partial charge in [0.25, 0.3) is 11.8 Å². The number of pyridine rings is 1. The van der Waals surface area contributed by atoms with E-state index in [1.807, 2.05) is 0 Å². The molecule has 0 aromatic carbocycles. The van der Waals surface area contributed by atoms with E-state index >= 15 is 0 Å². The van der Waals surface area contributed by atoms with Gasteiger partial charge < -0.3 is 25.7 Å². The molecule has 2 aliphatic rings. The molecule has 13 heteroatoms. The number of nitrogens with zero attached hydrogens (tertiary/aromatic N) is 3. The number of oxime groups is 1. The Hall–Kier alpha value is -3.61. The summed E-state index contributed by atoms with van der Waals surface area (Å²) in [7, 11) is 1.25. The van der Waals surface area contributed by atoms with Crippen molar-refractivity contribution in [3.05, 3.63) is 35.2 Å². The number of carboxylic acid groups (broad SMARTS) is 1. The lowest BCUT2D eigenvalue weighted by Gasteiger charge is -2.49. The van der Waals surface area contributed by atoms with Gasteiger partial charge in [-0.15, -0.1) is 11.8 Å². The number of fused-ring (bicyclic) bond motifs is 1. The first kappa shape index (κ1) is 22.1. The number of thioether (sulfide) groups is 1. The van der Waals surface area contributed by atoms with E-state index in [1.54, 1.807) is 6.07 Å². The van der Waals surface area contributed by atoms with Crippen LogP contribution >= 0.6 is 11.8 Å². The fraction of sp³-hybridized carbons (Fsp3) is 0.333. The molecule has 1 aromatic rings. The molecular weight excluding hydrogens is 430 g/mol. The largest absolute Gasteiger partial charge is 0.477 e. The van der Waals surface area contributed by atoms with E-state index in [2.05, 4.69) is 15.5 Å². The van der Waals surface area contributed by atoms with Crippen LogP contribution in [0.1, 0.15) is 12.6 Å². The SMILES string of the molecule is CON=C(C(=O)NC1C(=O)N2C(C(=O)O)=C(COC(C)=O)CS[C@@H]12)c1cccc(N)n1. The molecular formula is C18H19N5O7S. The molecule has 1 saturated heterocycles. The lowest BCUT2D eigenvalue weighted by atomic mass is 10.0. The molecule has 0 saturated carbocycles. The number of aromatic nitrogens is 1. The van der Waals surface area contributed by atoms with E-state index in [0.29, 0.717) is 5.57 Å². The molecule has 1 unspecified atom stereocenters. The minimum atomic E-state index is -1.32. The maximum Gasteiger partial charge on any atom is 0.352 e. The highest BCUT2D eigenvalue weighted by Gasteiger charge is 2.54. The Morgan fingerprint density at radius 2 is 2.16 bits per heavy atom. The minimum absolute atomic E-state index is 0.147. The monoisotopic (exact) mass is 449 g/mol. The van der Waals surface area contributed by atoms with Crippen LogP contribution < -0.4 is 11.1 Å². The summed E-state index contributed by atoms with van der Waals surface area (Å²) in [5.74, 6) is -2.85. The van der Waals surface area contributed by atoms with E-state index < -0.39 is 35.2 Å². The molecule has 1 fully saturated rings. The van der Waals surface area contributed by atoms with Crippen LogP contribution in [0, 0.1) is 0 Å². The molecule has 2 amide bonds. The Morgan fingerprint density at radius 3 is 2.77 bits per heavy atom. The Morgan fingerprint density at radius 1 is 1.42 bits per heavy atom. The van der Waals surface area contributed by atoms with Gasteiger partial charge in [-0.05, 0) is 12.1 Å². The van der Waals surface area contributed by atoms with Crippen molar-refractivity contribution >= 4 is 47.0 Å². The number of anilines is 1. The summed E-state index contributed by atoms with van der Waals surface area (Å²) in [5.41, 5.74) is 5.66. The summed E-state index contributed by atoms with van der Waals surface area (Å²) in [4.78, 5) is 58.1. The van der Waals surface area contributed by atoms with Crippen molar-refractivity contribution in [2.24, 2.45) is 5.16 Å². The van der Waals surface area contributed by atoms with Crippen LogP contribution in [0.25, 0.3) is 0 Å². The second kappa shape index (κ2) is 9.04. The third kappa shape index (κ3) is 4.45. The number of carboxylic acids is 1. The Balaban J connectivity index is 1.79. The van der Waals surface area contributed by atoms with E-state index in [-0.39, 0.29) is 35.3 Å². The van der Waals surface area contributed by atoms with E-state index in [9.17, 15) is 24.3 Å². The van der Waals surface area contributed by atoms with Crippen molar-refractivity contribution < 1.29 is 33.9 Å². The van der Waals surface area contributed by atoms with E-state index in [0.717, 1.165) is 4.90 Å². The van der Waals surface area contributed by atoms with Crippen molar-refractivity contribution in [3.63, 3.8) is 0 Å². The second-order valence-electron chi connectivity index (χ2n) is 6.47. The molecule has 3 heterocycles. The molecule has 31 heavy (non-hydrogen) atoms. The number of hydrogen-bond donors (Lipinski definition) is 3. The predicted molar refractivity (Wildman–Crippen MR) is 109 cm³/mol. The molecule has 0 spiro atoms. The summed E-state index contributed by atoms with van der Waals surface area (Å²) in [6, 6.07) is 3.64. The number of ether oxygens (including phenoxy) is 1. The average molecular weight is 449 g/mol. The van der Waals surface area contributed by atoms with Crippen LogP contribution in [-0.4, -0.2) is 75.3 Å². The highest BCUT2D eigenvalue weighted by atomic mass is 32.2. The molecule has 0 aliphatic carbocycles. The highest BCUT2D eigenvalue weighted by Crippen LogP contribution is 2.40. The van der Waals surface area contributed by atoms with Crippen molar-refractivity contribution in [1.29, 1.82) is 0 Å². The molecule has 1 aromatic heterocycles. The summed E-state index contributed by atoms with van der Waals surface area (Å²) in [6.45, 7) is 0.970. The van der Waals surface area contributed by atoms with Crippen molar-refractivity contribution in [2.45, 2.75) is 18.3 Å². The normalized spacial score (nSPS) is 20.5. The van der Waals surface area contributed by atoms with Gasteiger partial charge in [-0.2, -0.15) is 0 Å². The molecule has 4 N–H and O–H groups in total. The highest BCUT2D eigenvalue weighted by molar-refractivity contribution is 8.00. The number of hydrogen-bond acceptors (Lipinski definition) is 10. The Labute approximate surface area is 180 Å². The van der Waals surface area contributed by atoms with Crippen LogP contribution in [-0.2, 0) is 28.8 Å². The number of esters is 1. The summed E-state index contributed by atoms with van der Waals surface area (Å²) >= 11 is 1.24. The zero-order valence-electron chi connectivity index (χ0n) is 16.5. The number of amides is 2. The first-order chi connectivity index (χ1) is 14.7. The number of carbonyl (C=O) groups excluding carboxylic acids is 3. The third-order valence-electron chi connectivity index (χ3n) is 4.40. The number of nitrogens with one attached hydrogen (secondary N) is 1. The first-order valence-electron chi connectivity index (χ1n) is 8.92. The molecule has 0 bridgehead atoms. The summed E-state index contributed by atoms with van der Waals surface area (Å²) < 4.78 is 4.89. The number of nitrogen functional groups attached to an aromatic ring is 1. The number of nitrogens with two attached hydrogens (primary N) is 1. The van der Waals surface area contributed by atoms with Gasteiger partial charge in [0.15, 0.2) is 5.71 Å². The van der Waals surface area contributed by atoms with Crippen molar-refractivity contribution in [3.8, 4) is 0 Å². The van der Waals surface area contributed by atoms with Gasteiger partial charge in [0.05, 0.1) is 0 Å². The lowest BCUT2D eigenvalue weighted by Crippen LogP contribution is -2.71. The smallest absolute Gasteiger partial charge is 0.352 e. The molecule has 3 rings (SSSR count). The number of aliphatic carboxylic acids is 1. The maximum atomic E-state index is 12.8. The van der Waals surface area contributed by atoms with Crippen LogP contribution in [0.5, 0.6) is 0 Å². The van der Waals surface area contributed by atoms with Gasteiger partial charge in [-0.25, -0.2) is 9.78 Å². The third-order valence-corrected chi connectivity index (χ3v) is 5.74. The molecule has 12 nitrogen and oxygen atoms in total. The van der Waals surface area contributed by atoms with Gasteiger partial charge in [-0.3, -0.25) is 19.3 Å². The standard InChI is InChI=1S/C18H19N5O7S/c1-8(24)30-6-9-7-31-17-13(16(26)23(17)14(9)18(27)28)21-15(25)12(22-29-2)10-4-3-5-11(19)20-10/h3-5,13,17H,6-7H2,1-2H3,(H2,19,20)(H,21,25)(H,27,28)/t13?,17-/m0/s1. The van der Waals surface area contributed by atoms with Crippen molar-refractivity contribution in [2.75, 3.05) is 25.2 Å². The first-order valence-corrected chi connectivity index (χ1v) is 9.97. The maximum absolute atomic E-state index is 12.8. The average Bonchev–Trinajstić information content (AvgIpc) is 2.73. The number of β-lactam (4-membered cyclic amide) rings is 1. The molecule has 0 radical (unpaired) electrons. The molecule has 164 valence electrons. The zero-order valence-corrected chi connectivity index (χ0v) is 17.3. The summed E-state index contributed by atoms with van der Waals surface area (Å²) in [6.07, 6.45) is 0. The van der Waals surface area contributed by atoms with Gasteiger partial charge in [0.1, 0.15) is 42.3 Å². The predicted octanol–water partition coefficient (Wildman–Crippen LogP) is -0.684. The zero-order chi connectivity index (χ0) is 22.7. The Kier molecular flexibility index (Phi) is 6.44. The van der Waals surface area contributed by atoms with Crippen molar-refractivity contribution in [1.82, 2.24) is 15.2 Å². The topological polar surface area (TPSA) is 174 Å².